The van der Waals surface area contributed by atoms with Crippen LogP contribution in [0.5, 0.6) is 0 Å². The number of hydrogen-bond donors (Lipinski definition) is 1. The largest absolute Gasteiger partial charge is 0.416 e. The molecule has 9 heteroatoms. The van der Waals surface area contributed by atoms with Crippen LogP contribution in [0.1, 0.15) is 16.8 Å². The van der Waals surface area contributed by atoms with Gasteiger partial charge in [-0.3, -0.25) is 14.3 Å². The number of amides is 1. The fourth-order valence-corrected chi connectivity index (χ4v) is 2.98. The summed E-state index contributed by atoms with van der Waals surface area (Å²) in [5, 5.41) is 11.8. The molecule has 0 spiro atoms. The molecule has 0 bridgehead atoms. The van der Waals surface area contributed by atoms with Crippen molar-refractivity contribution in [1.82, 2.24) is 9.36 Å². The second-order valence-corrected chi connectivity index (χ2v) is 6.68. The first-order valence-electron chi connectivity index (χ1n) is 9.08. The molecule has 1 N–H and O–H groups in total. The topological polar surface area (TPSA) is 79.8 Å². The molecule has 6 nitrogen and oxygen atoms in total. The van der Waals surface area contributed by atoms with Crippen molar-refractivity contribution in [2.45, 2.75) is 13.1 Å². The van der Waals surface area contributed by atoms with E-state index >= 15 is 0 Å². The lowest BCUT2D eigenvalue weighted by atomic mass is 10.1. The molecule has 158 valence electrons. The van der Waals surface area contributed by atoms with Gasteiger partial charge in [0.25, 0.3) is 11.5 Å². The van der Waals surface area contributed by atoms with E-state index in [9.17, 15) is 28.0 Å². The van der Waals surface area contributed by atoms with Crippen LogP contribution >= 0.6 is 0 Å². The highest BCUT2D eigenvalue weighted by atomic mass is 19.4. The van der Waals surface area contributed by atoms with Crippen LogP contribution in [-0.4, -0.2) is 15.3 Å². The van der Waals surface area contributed by atoms with Gasteiger partial charge in [-0.05, 0) is 42.8 Å². The van der Waals surface area contributed by atoms with Crippen molar-refractivity contribution >= 4 is 17.7 Å². The first kappa shape index (κ1) is 21.6. The first-order valence-corrected chi connectivity index (χ1v) is 9.08. The van der Waals surface area contributed by atoms with E-state index in [4.69, 9.17) is 0 Å². The third-order valence-corrected chi connectivity index (χ3v) is 4.71. The molecule has 3 rings (SSSR count). The van der Waals surface area contributed by atoms with Crippen LogP contribution in [0.4, 0.5) is 18.9 Å². The number of para-hydroxylation sites is 1. The van der Waals surface area contributed by atoms with Gasteiger partial charge in [-0.1, -0.05) is 30.3 Å². The number of hydrogen-bond acceptors (Lipinski definition) is 3. The molecule has 31 heavy (non-hydrogen) atoms. The van der Waals surface area contributed by atoms with Gasteiger partial charge in [-0.25, -0.2) is 4.68 Å². The van der Waals surface area contributed by atoms with E-state index in [-0.39, 0.29) is 16.8 Å². The monoisotopic (exact) mass is 426 g/mol. The van der Waals surface area contributed by atoms with Crippen LogP contribution < -0.4 is 10.9 Å². The summed E-state index contributed by atoms with van der Waals surface area (Å²) in [5.41, 5.74) is -0.362. The molecule has 2 aromatic carbocycles. The van der Waals surface area contributed by atoms with Gasteiger partial charge in [0.15, 0.2) is 0 Å². The molecular formula is C22H17F3N4O2. The molecule has 3 aromatic rings. The normalized spacial score (nSPS) is 11.8. The summed E-state index contributed by atoms with van der Waals surface area (Å²) >= 11 is 0. The molecule has 0 atom stereocenters. The minimum absolute atomic E-state index is 0.00456. The Kier molecular flexibility index (Phi) is 5.83. The molecule has 0 aliphatic carbocycles. The fraction of sp³-hybridized carbons (Fsp3) is 0.136. The quantitative estimate of drug-likeness (QED) is 0.505. The number of halogens is 3. The zero-order valence-electron chi connectivity index (χ0n) is 16.6. The Labute approximate surface area is 175 Å². The van der Waals surface area contributed by atoms with E-state index < -0.39 is 23.2 Å². The smallest absolute Gasteiger partial charge is 0.315 e. The number of nitriles is 1. The SMILES string of the molecule is Cc1c(NC(=O)/C(C#N)=C/c2ccc(C(F)(F)F)cc2)c(=O)n(-c2ccccc2)n1C. The summed E-state index contributed by atoms with van der Waals surface area (Å²) in [5.74, 6) is -0.839. The number of nitrogens with one attached hydrogen (secondary N) is 1. The minimum Gasteiger partial charge on any atom is -0.315 e. The predicted octanol–water partition coefficient (Wildman–Crippen LogP) is 4.05. The average Bonchev–Trinajstić information content (AvgIpc) is 2.95. The Morgan fingerprint density at radius 1 is 1.10 bits per heavy atom. The summed E-state index contributed by atoms with van der Waals surface area (Å²) in [6.45, 7) is 1.64. The molecule has 1 amide bonds. The second-order valence-electron chi connectivity index (χ2n) is 6.68. The van der Waals surface area contributed by atoms with Crippen LogP contribution in [0.3, 0.4) is 0 Å². The predicted molar refractivity (Wildman–Crippen MR) is 109 cm³/mol. The van der Waals surface area contributed by atoms with Crippen molar-refractivity contribution in [3.8, 4) is 11.8 Å². The average molecular weight is 426 g/mol. The fourth-order valence-electron chi connectivity index (χ4n) is 2.98. The van der Waals surface area contributed by atoms with Crippen molar-refractivity contribution in [3.63, 3.8) is 0 Å². The summed E-state index contributed by atoms with van der Waals surface area (Å²) in [4.78, 5) is 25.5. The summed E-state index contributed by atoms with van der Waals surface area (Å²) < 4.78 is 41.0. The van der Waals surface area contributed by atoms with Crippen molar-refractivity contribution in [2.24, 2.45) is 7.05 Å². The summed E-state index contributed by atoms with van der Waals surface area (Å²) in [7, 11) is 1.66. The Morgan fingerprint density at radius 3 is 2.26 bits per heavy atom. The first-order chi connectivity index (χ1) is 14.6. The van der Waals surface area contributed by atoms with Gasteiger partial charge in [0.05, 0.1) is 16.9 Å². The molecule has 0 radical (unpaired) electrons. The number of nitrogens with zero attached hydrogens (tertiary/aromatic N) is 3. The van der Waals surface area contributed by atoms with Crippen LogP contribution in [0.2, 0.25) is 0 Å². The van der Waals surface area contributed by atoms with Crippen LogP contribution in [-0.2, 0) is 18.0 Å². The molecule has 0 saturated heterocycles. The Bertz CT molecular complexity index is 1250. The zero-order valence-corrected chi connectivity index (χ0v) is 16.6. The third kappa shape index (κ3) is 4.43. The molecule has 0 aliphatic rings. The van der Waals surface area contributed by atoms with Crippen LogP contribution in [0.25, 0.3) is 11.8 Å². The lowest BCUT2D eigenvalue weighted by molar-refractivity contribution is -0.137. The third-order valence-electron chi connectivity index (χ3n) is 4.71. The Balaban J connectivity index is 1.91. The number of rotatable bonds is 4. The molecule has 1 heterocycles. The number of aromatic nitrogens is 2. The van der Waals surface area contributed by atoms with Gasteiger partial charge in [0.1, 0.15) is 17.3 Å². The Hall–Kier alpha value is -4.06. The van der Waals surface area contributed by atoms with Gasteiger partial charge >= 0.3 is 6.18 Å². The lowest BCUT2D eigenvalue weighted by Crippen LogP contribution is -2.23. The van der Waals surface area contributed by atoms with E-state index in [2.05, 4.69) is 5.32 Å². The molecular weight excluding hydrogens is 409 g/mol. The second kappa shape index (κ2) is 8.36. The maximum absolute atomic E-state index is 12.9. The van der Waals surface area contributed by atoms with E-state index in [0.717, 1.165) is 30.3 Å². The lowest BCUT2D eigenvalue weighted by Gasteiger charge is -2.07. The highest BCUT2D eigenvalue weighted by molar-refractivity contribution is 6.09. The van der Waals surface area contributed by atoms with Crippen LogP contribution in [0, 0.1) is 18.3 Å². The zero-order chi connectivity index (χ0) is 22.8. The van der Waals surface area contributed by atoms with Crippen molar-refractivity contribution < 1.29 is 18.0 Å². The van der Waals surface area contributed by atoms with Crippen molar-refractivity contribution in [1.29, 1.82) is 5.26 Å². The number of benzene rings is 2. The number of alkyl halides is 3. The standard InChI is InChI=1S/C22H17F3N4O2/c1-14-19(21(31)29(28(14)2)18-6-4-3-5-7-18)27-20(30)16(13-26)12-15-8-10-17(11-9-15)22(23,24)25/h3-12H,1-2H3,(H,27,30)/b16-12+. The molecule has 0 fully saturated rings. The number of anilines is 1. The summed E-state index contributed by atoms with van der Waals surface area (Å²) in [6.07, 6.45) is -3.33. The number of carbonyl (C=O) groups excluding carboxylic acids is 1. The van der Waals surface area contributed by atoms with Gasteiger partial charge < -0.3 is 5.32 Å². The Morgan fingerprint density at radius 2 is 1.71 bits per heavy atom. The minimum atomic E-state index is -4.48. The van der Waals surface area contributed by atoms with E-state index in [1.807, 2.05) is 0 Å². The highest BCUT2D eigenvalue weighted by Crippen LogP contribution is 2.29. The maximum atomic E-state index is 12.9. The number of carbonyl (C=O) groups is 1. The van der Waals surface area contributed by atoms with Gasteiger partial charge in [0.2, 0.25) is 0 Å². The van der Waals surface area contributed by atoms with E-state index in [1.54, 1.807) is 55.1 Å². The van der Waals surface area contributed by atoms with E-state index in [1.165, 1.54) is 4.68 Å². The van der Waals surface area contributed by atoms with Crippen molar-refractivity contribution in [2.75, 3.05) is 5.32 Å². The molecule has 0 unspecified atom stereocenters. The molecule has 0 saturated carbocycles. The van der Waals surface area contributed by atoms with Crippen molar-refractivity contribution in [3.05, 3.63) is 87.3 Å². The highest BCUT2D eigenvalue weighted by Gasteiger charge is 2.30. The van der Waals surface area contributed by atoms with Gasteiger partial charge in [-0.2, -0.15) is 18.4 Å². The van der Waals surface area contributed by atoms with Crippen LogP contribution in [0.15, 0.2) is 65.0 Å². The molecule has 1 aromatic heterocycles. The molecule has 0 aliphatic heterocycles. The maximum Gasteiger partial charge on any atom is 0.416 e. The van der Waals surface area contributed by atoms with E-state index in [0.29, 0.717) is 11.4 Å². The summed E-state index contributed by atoms with van der Waals surface area (Å²) in [6, 6.07) is 14.6. The van der Waals surface area contributed by atoms with Gasteiger partial charge in [-0.15, -0.1) is 0 Å². The van der Waals surface area contributed by atoms with Gasteiger partial charge in [0, 0.05) is 7.05 Å².